The molecule has 0 aliphatic heterocycles. The molecule has 4 rings (SSSR count). The normalized spacial score (nSPS) is 17.1. The van der Waals surface area contributed by atoms with Crippen LogP contribution in [0.25, 0.3) is 0 Å². The number of nitrogens with zero attached hydrogens (tertiary/aromatic N) is 1. The molecule has 2 aromatic carbocycles. The second-order valence-corrected chi connectivity index (χ2v) is 11.2. The Bertz CT molecular complexity index is 1120. The first-order valence-corrected chi connectivity index (χ1v) is 12.7. The standard InChI is InChI=1S/C20H23N3O5S2/c24-20(21-15-4-2-1-3-5-15)14-23(17-8-9-17)30(27,28)19-12-10-18(11-13-19)29(25,26)22-16-6-7-16/h1-5,10-13,16-17,22H,6-9,14H2,(H,21,24). The molecule has 30 heavy (non-hydrogen) atoms. The number of amides is 1. The van der Waals surface area contributed by atoms with Gasteiger partial charge in [0.25, 0.3) is 0 Å². The first-order valence-electron chi connectivity index (χ1n) is 9.75. The smallest absolute Gasteiger partial charge is 0.243 e. The molecule has 0 saturated heterocycles. The van der Waals surface area contributed by atoms with Gasteiger partial charge in [-0.3, -0.25) is 4.79 Å². The number of carbonyl (C=O) groups is 1. The molecule has 2 N–H and O–H groups in total. The summed E-state index contributed by atoms with van der Waals surface area (Å²) in [7, 11) is -7.60. The molecular weight excluding hydrogens is 426 g/mol. The van der Waals surface area contributed by atoms with Gasteiger partial charge in [-0.2, -0.15) is 4.31 Å². The van der Waals surface area contributed by atoms with Crippen molar-refractivity contribution in [2.24, 2.45) is 0 Å². The highest BCUT2D eigenvalue weighted by molar-refractivity contribution is 7.89. The predicted octanol–water partition coefficient (Wildman–Crippen LogP) is 1.92. The summed E-state index contributed by atoms with van der Waals surface area (Å²) in [4.78, 5) is 12.4. The zero-order valence-corrected chi connectivity index (χ0v) is 17.8. The fraction of sp³-hybridized carbons (Fsp3) is 0.350. The number of rotatable bonds is 9. The van der Waals surface area contributed by atoms with Gasteiger partial charge in [0.15, 0.2) is 0 Å². The molecular formula is C20H23N3O5S2. The largest absolute Gasteiger partial charge is 0.325 e. The third-order valence-electron chi connectivity index (χ3n) is 4.95. The number of hydrogen-bond acceptors (Lipinski definition) is 5. The van der Waals surface area contributed by atoms with Crippen molar-refractivity contribution in [2.75, 3.05) is 11.9 Å². The first kappa shape index (κ1) is 21.0. The van der Waals surface area contributed by atoms with E-state index in [9.17, 15) is 21.6 Å². The average molecular weight is 450 g/mol. The van der Waals surface area contributed by atoms with Crippen molar-refractivity contribution in [2.45, 2.75) is 47.6 Å². The van der Waals surface area contributed by atoms with E-state index >= 15 is 0 Å². The lowest BCUT2D eigenvalue weighted by Gasteiger charge is -2.21. The van der Waals surface area contributed by atoms with E-state index in [0.29, 0.717) is 18.5 Å². The highest BCUT2D eigenvalue weighted by Crippen LogP contribution is 2.32. The minimum absolute atomic E-state index is 0.0214. The minimum Gasteiger partial charge on any atom is -0.325 e. The van der Waals surface area contributed by atoms with Crippen molar-refractivity contribution >= 4 is 31.6 Å². The van der Waals surface area contributed by atoms with Gasteiger partial charge in [-0.05, 0) is 62.1 Å². The molecule has 0 unspecified atom stereocenters. The van der Waals surface area contributed by atoms with Gasteiger partial charge in [-0.15, -0.1) is 0 Å². The van der Waals surface area contributed by atoms with E-state index in [0.717, 1.165) is 12.8 Å². The summed E-state index contributed by atoms with van der Waals surface area (Å²) in [6.45, 7) is -0.300. The number of para-hydroxylation sites is 1. The van der Waals surface area contributed by atoms with E-state index in [2.05, 4.69) is 10.0 Å². The van der Waals surface area contributed by atoms with E-state index in [-0.39, 0.29) is 28.4 Å². The predicted molar refractivity (Wildman–Crippen MR) is 112 cm³/mol. The minimum atomic E-state index is -3.94. The molecule has 8 nitrogen and oxygen atoms in total. The van der Waals surface area contributed by atoms with E-state index in [1.54, 1.807) is 24.3 Å². The number of sulfonamides is 2. The number of carbonyl (C=O) groups excluding carboxylic acids is 1. The Morgan fingerprint density at radius 1 is 0.867 bits per heavy atom. The van der Waals surface area contributed by atoms with Crippen molar-refractivity contribution < 1.29 is 21.6 Å². The van der Waals surface area contributed by atoms with Crippen LogP contribution in [0.15, 0.2) is 64.4 Å². The fourth-order valence-corrected chi connectivity index (χ4v) is 6.00. The lowest BCUT2D eigenvalue weighted by molar-refractivity contribution is -0.116. The van der Waals surface area contributed by atoms with Gasteiger partial charge in [0.05, 0.1) is 16.3 Å². The number of hydrogen-bond donors (Lipinski definition) is 2. The third kappa shape index (κ3) is 4.89. The second-order valence-electron chi connectivity index (χ2n) is 7.56. The zero-order chi connectivity index (χ0) is 21.4. The SMILES string of the molecule is O=C(CN(C1CC1)S(=O)(=O)c1ccc(S(=O)(=O)NC2CC2)cc1)Nc1ccccc1. The third-order valence-corrected chi connectivity index (χ3v) is 8.40. The van der Waals surface area contributed by atoms with Crippen LogP contribution in [0.2, 0.25) is 0 Å². The maximum Gasteiger partial charge on any atom is 0.243 e. The number of anilines is 1. The molecule has 2 aliphatic carbocycles. The van der Waals surface area contributed by atoms with Gasteiger partial charge in [0.2, 0.25) is 26.0 Å². The van der Waals surface area contributed by atoms with Crippen LogP contribution in [-0.4, -0.2) is 45.7 Å². The van der Waals surface area contributed by atoms with Gasteiger partial charge in [0, 0.05) is 17.8 Å². The van der Waals surface area contributed by atoms with Crippen LogP contribution in [0.4, 0.5) is 5.69 Å². The Labute approximate surface area is 176 Å². The lowest BCUT2D eigenvalue weighted by atomic mass is 10.3. The maximum atomic E-state index is 13.1. The van der Waals surface area contributed by atoms with Gasteiger partial charge in [-0.1, -0.05) is 18.2 Å². The molecule has 0 spiro atoms. The number of nitrogens with one attached hydrogen (secondary N) is 2. The molecule has 2 saturated carbocycles. The van der Waals surface area contributed by atoms with Crippen LogP contribution in [0.5, 0.6) is 0 Å². The summed E-state index contributed by atoms with van der Waals surface area (Å²) in [6.07, 6.45) is 3.01. The Kier molecular flexibility index (Phi) is 5.67. The Balaban J connectivity index is 1.50. The van der Waals surface area contributed by atoms with Crippen molar-refractivity contribution in [3.63, 3.8) is 0 Å². The molecule has 160 valence electrons. The van der Waals surface area contributed by atoms with E-state index in [1.807, 2.05) is 6.07 Å². The van der Waals surface area contributed by atoms with E-state index < -0.39 is 26.0 Å². The summed E-state index contributed by atoms with van der Waals surface area (Å²) in [6, 6.07) is 13.7. The topological polar surface area (TPSA) is 113 Å². The summed E-state index contributed by atoms with van der Waals surface area (Å²) in [5.41, 5.74) is 0.591. The second kappa shape index (κ2) is 8.10. The van der Waals surface area contributed by atoms with Gasteiger partial charge in [-0.25, -0.2) is 21.6 Å². The van der Waals surface area contributed by atoms with Crippen molar-refractivity contribution in [1.29, 1.82) is 0 Å². The van der Waals surface area contributed by atoms with E-state index in [1.165, 1.54) is 28.6 Å². The summed E-state index contributed by atoms with van der Waals surface area (Å²) < 4.78 is 54.6. The van der Waals surface area contributed by atoms with Crippen LogP contribution >= 0.6 is 0 Å². The molecule has 0 atom stereocenters. The fourth-order valence-electron chi connectivity index (χ4n) is 3.05. The van der Waals surface area contributed by atoms with Crippen molar-refractivity contribution in [3.05, 3.63) is 54.6 Å². The summed E-state index contributed by atoms with van der Waals surface area (Å²) >= 11 is 0. The molecule has 1 amide bonds. The summed E-state index contributed by atoms with van der Waals surface area (Å²) in [5.74, 6) is -0.426. The highest BCUT2D eigenvalue weighted by Gasteiger charge is 2.39. The molecule has 2 fully saturated rings. The molecule has 0 bridgehead atoms. The molecule has 2 aliphatic rings. The molecule has 2 aromatic rings. The van der Waals surface area contributed by atoms with Gasteiger partial charge >= 0.3 is 0 Å². The molecule has 10 heteroatoms. The van der Waals surface area contributed by atoms with Gasteiger partial charge in [0.1, 0.15) is 0 Å². The lowest BCUT2D eigenvalue weighted by Crippen LogP contribution is -2.39. The Hall–Kier alpha value is -2.27. The first-order chi connectivity index (χ1) is 14.3. The average Bonchev–Trinajstić information content (AvgIpc) is 3.62. The molecule has 0 radical (unpaired) electrons. The number of benzene rings is 2. The Morgan fingerprint density at radius 2 is 1.47 bits per heavy atom. The summed E-state index contributed by atoms with van der Waals surface area (Å²) in [5, 5.41) is 2.70. The van der Waals surface area contributed by atoms with E-state index in [4.69, 9.17) is 0 Å². The zero-order valence-electron chi connectivity index (χ0n) is 16.2. The van der Waals surface area contributed by atoms with Gasteiger partial charge < -0.3 is 5.32 Å². The molecule has 0 heterocycles. The highest BCUT2D eigenvalue weighted by atomic mass is 32.2. The quantitative estimate of drug-likeness (QED) is 0.607. The monoisotopic (exact) mass is 449 g/mol. The van der Waals surface area contributed by atoms with Crippen molar-refractivity contribution in [1.82, 2.24) is 9.03 Å². The Morgan fingerprint density at radius 3 is 2.03 bits per heavy atom. The van der Waals surface area contributed by atoms with Crippen LogP contribution in [0, 0.1) is 0 Å². The maximum absolute atomic E-state index is 13.1. The van der Waals surface area contributed by atoms with Crippen LogP contribution in [-0.2, 0) is 24.8 Å². The van der Waals surface area contributed by atoms with Crippen molar-refractivity contribution in [3.8, 4) is 0 Å². The van der Waals surface area contributed by atoms with Crippen LogP contribution < -0.4 is 10.0 Å². The van der Waals surface area contributed by atoms with Crippen LogP contribution in [0.3, 0.4) is 0 Å². The molecule has 0 aromatic heterocycles. The van der Waals surface area contributed by atoms with Crippen LogP contribution in [0.1, 0.15) is 25.7 Å².